The monoisotopic (exact) mass is 452 g/mol. The van der Waals surface area contributed by atoms with Crippen LogP contribution in [0.4, 0.5) is 0 Å². The zero-order valence-electron chi connectivity index (χ0n) is 13.5. The van der Waals surface area contributed by atoms with E-state index in [0.717, 1.165) is 9.13 Å². The summed E-state index contributed by atoms with van der Waals surface area (Å²) in [6.45, 7) is 1.29. The topological polar surface area (TPSA) is 98.5 Å². The highest BCUT2D eigenvalue weighted by Gasteiger charge is 2.20. The van der Waals surface area contributed by atoms with E-state index in [1.54, 1.807) is 0 Å². The molecule has 130 valence electrons. The third-order valence-electron chi connectivity index (χ3n) is 3.41. The van der Waals surface area contributed by atoms with Crippen LogP contribution in [-0.2, 0) is 16.0 Å². The van der Waals surface area contributed by atoms with Gasteiger partial charge in [0.05, 0.1) is 0 Å². The maximum absolute atomic E-state index is 12.3. The van der Waals surface area contributed by atoms with Crippen LogP contribution in [0.5, 0.6) is 5.75 Å². The van der Waals surface area contributed by atoms with E-state index in [0.29, 0.717) is 17.7 Å². The highest BCUT2D eigenvalue weighted by molar-refractivity contribution is 14.1. The number of nitrogens with two attached hydrogens (primary N) is 1. The molecule has 0 aliphatic carbocycles. The fraction of sp³-hybridized carbons (Fsp3) is 0.167. The maximum atomic E-state index is 12.3. The Labute approximate surface area is 158 Å². The van der Waals surface area contributed by atoms with E-state index < -0.39 is 23.8 Å². The van der Waals surface area contributed by atoms with E-state index in [1.165, 1.54) is 31.2 Å². The number of benzene rings is 2. The zero-order valence-corrected chi connectivity index (χ0v) is 15.6. The number of primary amides is 1. The van der Waals surface area contributed by atoms with Gasteiger partial charge < -0.3 is 15.8 Å². The van der Waals surface area contributed by atoms with Gasteiger partial charge in [-0.15, -0.1) is 0 Å². The minimum Gasteiger partial charge on any atom is -0.427 e. The number of hydrogen-bond donors (Lipinski definition) is 2. The standard InChI is InChI=1S/C18H17IN2O4/c1-11(22)25-14-8-6-12(7-9-14)18(24)21-16(17(20)23)10-13-4-2-3-5-15(13)19/h2-9,16H,10H2,1H3,(H2,20,23)(H,21,24)/t16-/m0/s1. The molecule has 2 amide bonds. The fourth-order valence-corrected chi connectivity index (χ4v) is 2.80. The highest BCUT2D eigenvalue weighted by atomic mass is 127. The van der Waals surface area contributed by atoms with Crippen LogP contribution in [0.3, 0.4) is 0 Å². The third-order valence-corrected chi connectivity index (χ3v) is 4.46. The molecule has 6 nitrogen and oxygen atoms in total. The van der Waals surface area contributed by atoms with Gasteiger partial charge in [0.1, 0.15) is 11.8 Å². The van der Waals surface area contributed by atoms with Crippen molar-refractivity contribution in [1.29, 1.82) is 0 Å². The van der Waals surface area contributed by atoms with Crippen molar-refractivity contribution < 1.29 is 19.1 Å². The smallest absolute Gasteiger partial charge is 0.308 e. The summed E-state index contributed by atoms with van der Waals surface area (Å²) < 4.78 is 5.91. The van der Waals surface area contributed by atoms with Crippen molar-refractivity contribution in [2.75, 3.05) is 0 Å². The van der Waals surface area contributed by atoms with E-state index >= 15 is 0 Å². The summed E-state index contributed by atoms with van der Waals surface area (Å²) in [6, 6.07) is 12.8. The first kappa shape index (κ1) is 18.9. The molecule has 0 radical (unpaired) electrons. The minimum atomic E-state index is -0.823. The summed E-state index contributed by atoms with van der Waals surface area (Å²) in [5, 5.41) is 2.64. The van der Waals surface area contributed by atoms with Gasteiger partial charge in [-0.3, -0.25) is 14.4 Å². The average molecular weight is 452 g/mol. The Bertz CT molecular complexity index is 790. The summed E-state index contributed by atoms with van der Waals surface area (Å²) in [7, 11) is 0. The molecule has 2 aromatic rings. The lowest BCUT2D eigenvalue weighted by molar-refractivity contribution is -0.131. The normalized spacial score (nSPS) is 11.4. The Kier molecular flexibility index (Phi) is 6.51. The fourth-order valence-electron chi connectivity index (χ4n) is 2.19. The van der Waals surface area contributed by atoms with E-state index in [9.17, 15) is 14.4 Å². The number of hydrogen-bond acceptors (Lipinski definition) is 4. The molecule has 0 saturated heterocycles. The second kappa shape index (κ2) is 8.61. The molecule has 1 atom stereocenters. The number of carbonyl (C=O) groups excluding carboxylic acids is 3. The molecule has 25 heavy (non-hydrogen) atoms. The summed E-state index contributed by atoms with van der Waals surface area (Å²) in [5.41, 5.74) is 6.69. The largest absolute Gasteiger partial charge is 0.427 e. The number of ether oxygens (including phenoxy) is 1. The Hall–Kier alpha value is -2.42. The number of carbonyl (C=O) groups is 3. The molecule has 2 rings (SSSR count). The predicted molar refractivity (Wildman–Crippen MR) is 101 cm³/mol. The van der Waals surface area contributed by atoms with Crippen LogP contribution in [-0.4, -0.2) is 23.8 Å². The maximum Gasteiger partial charge on any atom is 0.308 e. The Morgan fingerprint density at radius 1 is 1.12 bits per heavy atom. The summed E-state index contributed by atoms with van der Waals surface area (Å²) in [5.74, 6) is -1.13. The van der Waals surface area contributed by atoms with Gasteiger partial charge in [0, 0.05) is 22.5 Å². The Morgan fingerprint density at radius 2 is 1.76 bits per heavy atom. The van der Waals surface area contributed by atoms with Crippen molar-refractivity contribution >= 4 is 40.4 Å². The quantitative estimate of drug-likeness (QED) is 0.398. The molecular formula is C18H17IN2O4. The Balaban J connectivity index is 2.08. The van der Waals surface area contributed by atoms with Gasteiger partial charge in [0.25, 0.3) is 5.91 Å². The van der Waals surface area contributed by atoms with Crippen molar-refractivity contribution in [1.82, 2.24) is 5.32 Å². The molecular weight excluding hydrogens is 435 g/mol. The van der Waals surface area contributed by atoms with Crippen molar-refractivity contribution in [3.8, 4) is 5.75 Å². The summed E-state index contributed by atoms with van der Waals surface area (Å²) >= 11 is 2.17. The van der Waals surface area contributed by atoms with Crippen LogP contribution in [0.1, 0.15) is 22.8 Å². The molecule has 3 N–H and O–H groups in total. The summed E-state index contributed by atoms with van der Waals surface area (Å²) in [4.78, 5) is 34.9. The average Bonchev–Trinajstić information content (AvgIpc) is 2.56. The van der Waals surface area contributed by atoms with Gasteiger partial charge in [-0.25, -0.2) is 0 Å². The van der Waals surface area contributed by atoms with E-state index in [4.69, 9.17) is 10.5 Å². The molecule has 0 aliphatic heterocycles. The van der Waals surface area contributed by atoms with Crippen LogP contribution in [0.2, 0.25) is 0 Å². The van der Waals surface area contributed by atoms with Gasteiger partial charge in [0.15, 0.2) is 0 Å². The molecule has 0 spiro atoms. The van der Waals surface area contributed by atoms with Gasteiger partial charge >= 0.3 is 5.97 Å². The van der Waals surface area contributed by atoms with E-state index in [-0.39, 0.29) is 0 Å². The lowest BCUT2D eigenvalue weighted by Gasteiger charge is -2.16. The molecule has 7 heteroatoms. The minimum absolute atomic E-state index is 0.311. The van der Waals surface area contributed by atoms with E-state index in [2.05, 4.69) is 27.9 Å². The van der Waals surface area contributed by atoms with Crippen LogP contribution in [0.15, 0.2) is 48.5 Å². The van der Waals surface area contributed by atoms with Crippen LogP contribution >= 0.6 is 22.6 Å². The molecule has 0 fully saturated rings. The number of esters is 1. The van der Waals surface area contributed by atoms with Crippen molar-refractivity contribution in [2.45, 2.75) is 19.4 Å². The highest BCUT2D eigenvalue weighted by Crippen LogP contribution is 2.15. The summed E-state index contributed by atoms with van der Waals surface area (Å²) in [6.07, 6.45) is 0.311. The van der Waals surface area contributed by atoms with Crippen LogP contribution < -0.4 is 15.8 Å². The lowest BCUT2D eigenvalue weighted by atomic mass is 10.0. The SMILES string of the molecule is CC(=O)Oc1ccc(C(=O)N[C@@H](Cc2ccccc2I)C(N)=O)cc1. The number of nitrogens with one attached hydrogen (secondary N) is 1. The first-order valence-corrected chi connectivity index (χ1v) is 8.56. The molecule has 0 aromatic heterocycles. The van der Waals surface area contributed by atoms with Crippen LogP contribution in [0.25, 0.3) is 0 Å². The molecule has 0 aliphatic rings. The van der Waals surface area contributed by atoms with Crippen molar-refractivity contribution in [3.05, 3.63) is 63.2 Å². The number of halogens is 1. The first-order valence-electron chi connectivity index (χ1n) is 7.49. The molecule has 0 unspecified atom stereocenters. The lowest BCUT2D eigenvalue weighted by Crippen LogP contribution is -2.46. The van der Waals surface area contributed by atoms with Crippen molar-refractivity contribution in [2.24, 2.45) is 5.73 Å². The molecule has 0 saturated carbocycles. The predicted octanol–water partition coefficient (Wildman–Crippen LogP) is 2.04. The van der Waals surface area contributed by atoms with E-state index in [1.807, 2.05) is 24.3 Å². The molecule has 2 aromatic carbocycles. The first-order chi connectivity index (χ1) is 11.9. The molecule has 0 bridgehead atoms. The van der Waals surface area contributed by atoms with Gasteiger partial charge in [-0.1, -0.05) is 18.2 Å². The van der Waals surface area contributed by atoms with Crippen molar-refractivity contribution in [3.63, 3.8) is 0 Å². The van der Waals surface area contributed by atoms with Gasteiger partial charge in [-0.2, -0.15) is 0 Å². The number of rotatable bonds is 6. The second-order valence-electron chi connectivity index (χ2n) is 5.34. The second-order valence-corrected chi connectivity index (χ2v) is 6.50. The zero-order chi connectivity index (χ0) is 18.4. The van der Waals surface area contributed by atoms with Crippen LogP contribution in [0, 0.1) is 3.57 Å². The molecule has 0 heterocycles. The number of amides is 2. The van der Waals surface area contributed by atoms with Gasteiger partial charge in [0.2, 0.25) is 5.91 Å². The Morgan fingerprint density at radius 3 is 2.32 bits per heavy atom. The van der Waals surface area contributed by atoms with Gasteiger partial charge in [-0.05, 0) is 58.5 Å². The third kappa shape index (κ3) is 5.56.